The molecule has 2 fully saturated rings. The van der Waals surface area contributed by atoms with Gasteiger partial charge in [0, 0.05) is 19.5 Å². The Morgan fingerprint density at radius 3 is 2.25 bits per heavy atom. The standard InChI is InChI=1S/C12H19NO3/c14-11(4-3-9-1-2-9)13-7-5-10(6-8-13)12(15)16/h9-10H,1-8H2,(H,15,16). The van der Waals surface area contributed by atoms with Crippen molar-refractivity contribution < 1.29 is 14.7 Å². The third kappa shape index (κ3) is 2.97. The minimum absolute atomic E-state index is 0.218. The topological polar surface area (TPSA) is 57.6 Å². The molecule has 90 valence electrons. The molecular weight excluding hydrogens is 206 g/mol. The van der Waals surface area contributed by atoms with Gasteiger partial charge in [-0.3, -0.25) is 9.59 Å². The minimum Gasteiger partial charge on any atom is -0.481 e. The number of hydrogen-bond acceptors (Lipinski definition) is 2. The SMILES string of the molecule is O=C(O)C1CCN(C(=O)CCC2CC2)CC1. The van der Waals surface area contributed by atoms with Crippen LogP contribution in [-0.4, -0.2) is 35.0 Å². The zero-order valence-corrected chi connectivity index (χ0v) is 9.52. The number of piperidine rings is 1. The van der Waals surface area contributed by atoms with Crippen LogP contribution in [0.3, 0.4) is 0 Å². The van der Waals surface area contributed by atoms with Crippen LogP contribution in [0.5, 0.6) is 0 Å². The number of amides is 1. The predicted molar refractivity (Wildman–Crippen MR) is 58.9 cm³/mol. The lowest BCUT2D eigenvalue weighted by atomic mass is 9.97. The molecule has 0 radical (unpaired) electrons. The molecule has 1 saturated heterocycles. The van der Waals surface area contributed by atoms with E-state index in [0.29, 0.717) is 32.4 Å². The lowest BCUT2D eigenvalue weighted by molar-refractivity contribution is -0.145. The molecule has 4 nitrogen and oxygen atoms in total. The first-order chi connectivity index (χ1) is 7.66. The van der Waals surface area contributed by atoms with Crippen molar-refractivity contribution in [3.63, 3.8) is 0 Å². The van der Waals surface area contributed by atoms with Gasteiger partial charge in [-0.2, -0.15) is 0 Å². The lowest BCUT2D eigenvalue weighted by Gasteiger charge is -2.30. The summed E-state index contributed by atoms with van der Waals surface area (Å²) in [5.41, 5.74) is 0. The number of carboxylic acids is 1. The number of carbonyl (C=O) groups is 2. The Kier molecular flexibility index (Phi) is 3.46. The van der Waals surface area contributed by atoms with Gasteiger partial charge in [0.2, 0.25) is 5.91 Å². The second-order valence-corrected chi connectivity index (χ2v) is 4.98. The molecule has 0 bridgehead atoms. The summed E-state index contributed by atoms with van der Waals surface area (Å²) in [4.78, 5) is 24.4. The summed E-state index contributed by atoms with van der Waals surface area (Å²) in [7, 11) is 0. The van der Waals surface area contributed by atoms with Gasteiger partial charge in [-0.05, 0) is 25.2 Å². The molecule has 2 aliphatic rings. The maximum atomic E-state index is 11.8. The largest absolute Gasteiger partial charge is 0.481 e. The molecule has 1 saturated carbocycles. The molecule has 0 aromatic carbocycles. The quantitative estimate of drug-likeness (QED) is 0.788. The van der Waals surface area contributed by atoms with Crippen LogP contribution in [-0.2, 0) is 9.59 Å². The zero-order chi connectivity index (χ0) is 11.5. The Morgan fingerprint density at radius 1 is 1.12 bits per heavy atom. The molecule has 0 aromatic rings. The van der Waals surface area contributed by atoms with E-state index in [9.17, 15) is 9.59 Å². The van der Waals surface area contributed by atoms with Gasteiger partial charge in [-0.25, -0.2) is 0 Å². The highest BCUT2D eigenvalue weighted by atomic mass is 16.4. The van der Waals surface area contributed by atoms with Crippen LogP contribution >= 0.6 is 0 Å². The van der Waals surface area contributed by atoms with Crippen molar-refractivity contribution in [2.45, 2.75) is 38.5 Å². The molecule has 0 atom stereocenters. The van der Waals surface area contributed by atoms with Crippen LogP contribution in [0.1, 0.15) is 38.5 Å². The molecule has 0 spiro atoms. The average molecular weight is 225 g/mol. The van der Waals surface area contributed by atoms with E-state index < -0.39 is 5.97 Å². The first kappa shape index (κ1) is 11.4. The van der Waals surface area contributed by atoms with Gasteiger partial charge < -0.3 is 10.0 Å². The van der Waals surface area contributed by atoms with Crippen LogP contribution < -0.4 is 0 Å². The highest BCUT2D eigenvalue weighted by Gasteiger charge is 2.28. The number of carbonyl (C=O) groups excluding carboxylic acids is 1. The summed E-state index contributed by atoms with van der Waals surface area (Å²) in [6.45, 7) is 1.25. The predicted octanol–water partition coefficient (Wildman–Crippen LogP) is 1.50. The second kappa shape index (κ2) is 4.85. The highest BCUT2D eigenvalue weighted by Crippen LogP contribution is 2.33. The van der Waals surface area contributed by atoms with Crippen molar-refractivity contribution in [3.8, 4) is 0 Å². The molecule has 0 aromatic heterocycles. The van der Waals surface area contributed by atoms with E-state index in [0.717, 1.165) is 12.3 Å². The summed E-state index contributed by atoms with van der Waals surface area (Å²) in [5, 5.41) is 8.84. The van der Waals surface area contributed by atoms with E-state index in [2.05, 4.69) is 0 Å². The molecule has 16 heavy (non-hydrogen) atoms. The van der Waals surface area contributed by atoms with Crippen molar-refractivity contribution >= 4 is 11.9 Å². The van der Waals surface area contributed by atoms with Gasteiger partial charge in [-0.15, -0.1) is 0 Å². The third-order valence-electron chi connectivity index (χ3n) is 3.66. The summed E-state index contributed by atoms with van der Waals surface area (Å²) in [6, 6.07) is 0. The van der Waals surface area contributed by atoms with Crippen LogP contribution in [0.15, 0.2) is 0 Å². The van der Waals surface area contributed by atoms with Gasteiger partial charge in [-0.1, -0.05) is 12.8 Å². The fourth-order valence-corrected chi connectivity index (χ4v) is 2.27. The summed E-state index contributed by atoms with van der Waals surface area (Å²) in [6.07, 6.45) is 5.48. The molecular formula is C12H19NO3. The summed E-state index contributed by atoms with van der Waals surface area (Å²) in [5.74, 6) is 0.0498. The fraction of sp³-hybridized carbons (Fsp3) is 0.833. The van der Waals surface area contributed by atoms with Gasteiger partial charge in [0.25, 0.3) is 0 Å². The normalized spacial score (nSPS) is 22.1. The van der Waals surface area contributed by atoms with Crippen LogP contribution in [0.4, 0.5) is 0 Å². The average Bonchev–Trinajstić information content (AvgIpc) is 3.10. The maximum absolute atomic E-state index is 11.8. The third-order valence-corrected chi connectivity index (χ3v) is 3.66. The van der Waals surface area contributed by atoms with E-state index >= 15 is 0 Å². The highest BCUT2D eigenvalue weighted by molar-refractivity contribution is 5.77. The monoisotopic (exact) mass is 225 g/mol. The molecule has 1 aliphatic carbocycles. The summed E-state index contributed by atoms with van der Waals surface area (Å²) < 4.78 is 0. The van der Waals surface area contributed by atoms with E-state index in [1.807, 2.05) is 4.90 Å². The van der Waals surface area contributed by atoms with Gasteiger partial charge in [0.05, 0.1) is 5.92 Å². The zero-order valence-electron chi connectivity index (χ0n) is 9.52. The molecule has 1 heterocycles. The summed E-state index contributed by atoms with van der Waals surface area (Å²) >= 11 is 0. The first-order valence-electron chi connectivity index (χ1n) is 6.17. The van der Waals surface area contributed by atoms with E-state index in [4.69, 9.17) is 5.11 Å². The van der Waals surface area contributed by atoms with Crippen molar-refractivity contribution in [3.05, 3.63) is 0 Å². The van der Waals surface area contributed by atoms with E-state index in [1.165, 1.54) is 12.8 Å². The number of nitrogens with zero attached hydrogens (tertiary/aromatic N) is 1. The number of carboxylic acid groups (broad SMARTS) is 1. The molecule has 2 rings (SSSR count). The number of aliphatic carboxylic acids is 1. The van der Waals surface area contributed by atoms with E-state index in [1.54, 1.807) is 0 Å². The first-order valence-corrected chi connectivity index (χ1v) is 6.17. The van der Waals surface area contributed by atoms with Crippen LogP contribution in [0, 0.1) is 11.8 Å². The van der Waals surface area contributed by atoms with Crippen molar-refractivity contribution in [1.29, 1.82) is 0 Å². The van der Waals surface area contributed by atoms with Crippen LogP contribution in [0.2, 0.25) is 0 Å². The van der Waals surface area contributed by atoms with E-state index in [-0.39, 0.29) is 11.8 Å². The number of likely N-dealkylation sites (tertiary alicyclic amines) is 1. The Bertz CT molecular complexity index is 278. The Balaban J connectivity index is 1.70. The molecule has 1 N–H and O–H groups in total. The molecule has 1 aliphatic heterocycles. The van der Waals surface area contributed by atoms with Crippen molar-refractivity contribution in [2.24, 2.45) is 11.8 Å². The van der Waals surface area contributed by atoms with Gasteiger partial charge >= 0.3 is 5.97 Å². The maximum Gasteiger partial charge on any atom is 0.306 e. The van der Waals surface area contributed by atoms with Gasteiger partial charge in [0.1, 0.15) is 0 Å². The molecule has 0 unspecified atom stereocenters. The number of rotatable bonds is 4. The van der Waals surface area contributed by atoms with Crippen molar-refractivity contribution in [2.75, 3.05) is 13.1 Å². The Labute approximate surface area is 95.6 Å². The van der Waals surface area contributed by atoms with Crippen LogP contribution in [0.25, 0.3) is 0 Å². The second-order valence-electron chi connectivity index (χ2n) is 4.98. The Morgan fingerprint density at radius 2 is 1.75 bits per heavy atom. The molecule has 1 amide bonds. The number of hydrogen-bond donors (Lipinski definition) is 1. The lowest BCUT2D eigenvalue weighted by Crippen LogP contribution is -2.40. The molecule has 4 heteroatoms. The Hall–Kier alpha value is -1.06. The van der Waals surface area contributed by atoms with Gasteiger partial charge in [0.15, 0.2) is 0 Å². The fourth-order valence-electron chi connectivity index (χ4n) is 2.27. The minimum atomic E-state index is -0.718. The smallest absolute Gasteiger partial charge is 0.306 e. The van der Waals surface area contributed by atoms with Crippen molar-refractivity contribution in [1.82, 2.24) is 4.90 Å².